The maximum absolute atomic E-state index is 13.3. The van der Waals surface area contributed by atoms with Crippen molar-refractivity contribution in [3.05, 3.63) is 52.2 Å². The number of aromatic hydroxyl groups is 1. The third kappa shape index (κ3) is 5.57. The Morgan fingerprint density at radius 3 is 2.19 bits per heavy atom. The van der Waals surface area contributed by atoms with Crippen molar-refractivity contribution >= 4 is 11.0 Å². The second kappa shape index (κ2) is 12.4. The molecule has 7 N–H and O–H groups in total. The zero-order valence-corrected chi connectivity index (χ0v) is 23.4. The van der Waals surface area contributed by atoms with E-state index in [0.717, 1.165) is 0 Å². The maximum Gasteiger partial charge on any atom is 0.197 e. The van der Waals surface area contributed by atoms with Gasteiger partial charge < -0.3 is 63.8 Å². The fourth-order valence-electron chi connectivity index (χ4n) is 5.39. The third-order valence-electron chi connectivity index (χ3n) is 7.84. The van der Waals surface area contributed by atoms with E-state index in [9.17, 15) is 40.5 Å². The minimum absolute atomic E-state index is 0.0408. The standard InChI is InChI=1S/C29H34O14/c1-11-21(32)24(35)26(37)29(40-11)43-28-25(36)22(33)18(10-30)42-27(28)20-16(39-3)9-17-19(23(20)34)14(31)8-15(41-17)12-4-6-13(38-2)7-5-12/h4-9,11,18,21-22,24-30,32-37H,10H2,1-3H3/t11-,18-,21-,22-,24-,25-,26-,27+,28-,29+/m1/s1. The van der Waals surface area contributed by atoms with Gasteiger partial charge in [-0.2, -0.15) is 0 Å². The van der Waals surface area contributed by atoms with Gasteiger partial charge in [0, 0.05) is 17.7 Å². The summed E-state index contributed by atoms with van der Waals surface area (Å²) in [6, 6.07) is 9.26. The van der Waals surface area contributed by atoms with E-state index in [-0.39, 0.29) is 28.0 Å². The van der Waals surface area contributed by atoms with Crippen LogP contribution in [-0.4, -0.2) is 112 Å². The van der Waals surface area contributed by atoms with Crippen LogP contribution >= 0.6 is 0 Å². The Hall–Kier alpha value is -3.31. The number of phenolic OH excluding ortho intramolecular Hbond substituents is 1. The molecule has 14 nitrogen and oxygen atoms in total. The number of aliphatic hydroxyl groups is 6. The minimum atomic E-state index is -1.79. The Labute approximate surface area is 244 Å². The first kappa shape index (κ1) is 31.1. The summed E-state index contributed by atoms with van der Waals surface area (Å²) in [4.78, 5) is 13.3. The molecule has 14 heteroatoms. The van der Waals surface area contributed by atoms with Gasteiger partial charge in [0.05, 0.1) is 32.5 Å². The van der Waals surface area contributed by atoms with Crippen LogP contribution in [0.25, 0.3) is 22.3 Å². The summed E-state index contributed by atoms with van der Waals surface area (Å²) in [5.74, 6) is 0.0894. The first-order chi connectivity index (χ1) is 20.5. The molecule has 1 aromatic heterocycles. The average Bonchev–Trinajstić information content (AvgIpc) is 3.00. The lowest BCUT2D eigenvalue weighted by atomic mass is 9.89. The molecule has 43 heavy (non-hydrogen) atoms. The van der Waals surface area contributed by atoms with Gasteiger partial charge in [0.15, 0.2) is 11.7 Å². The Morgan fingerprint density at radius 2 is 1.56 bits per heavy atom. The van der Waals surface area contributed by atoms with Crippen LogP contribution in [0.5, 0.6) is 17.2 Å². The Kier molecular flexibility index (Phi) is 8.94. The molecular weight excluding hydrogens is 572 g/mol. The summed E-state index contributed by atoms with van der Waals surface area (Å²) in [6.07, 6.45) is -15.5. The molecule has 0 saturated carbocycles. The molecular formula is C29H34O14. The molecule has 0 spiro atoms. The van der Waals surface area contributed by atoms with E-state index in [0.29, 0.717) is 11.3 Å². The lowest BCUT2D eigenvalue weighted by molar-refractivity contribution is -0.338. The highest BCUT2D eigenvalue weighted by Gasteiger charge is 2.51. The molecule has 0 unspecified atom stereocenters. The lowest BCUT2D eigenvalue weighted by Crippen LogP contribution is -2.61. The van der Waals surface area contributed by atoms with Crippen molar-refractivity contribution in [2.75, 3.05) is 20.8 Å². The van der Waals surface area contributed by atoms with E-state index >= 15 is 0 Å². The van der Waals surface area contributed by atoms with Gasteiger partial charge in [-0.1, -0.05) is 0 Å². The van der Waals surface area contributed by atoms with E-state index in [4.69, 9.17) is 28.1 Å². The smallest absolute Gasteiger partial charge is 0.197 e. The molecule has 0 radical (unpaired) electrons. The van der Waals surface area contributed by atoms with Crippen LogP contribution in [0.1, 0.15) is 18.6 Å². The number of rotatable bonds is 7. The predicted octanol–water partition coefficient (Wildman–Crippen LogP) is -0.451. The summed E-state index contributed by atoms with van der Waals surface area (Å²) >= 11 is 0. The van der Waals surface area contributed by atoms with Gasteiger partial charge in [0.25, 0.3) is 0 Å². The summed E-state index contributed by atoms with van der Waals surface area (Å²) in [5, 5.41) is 73.6. The Morgan fingerprint density at radius 1 is 0.860 bits per heavy atom. The first-order valence-electron chi connectivity index (χ1n) is 13.5. The molecule has 10 atom stereocenters. The fourth-order valence-corrected chi connectivity index (χ4v) is 5.39. The Bertz CT molecular complexity index is 1490. The van der Waals surface area contributed by atoms with Gasteiger partial charge in [0.1, 0.15) is 82.8 Å². The van der Waals surface area contributed by atoms with Crippen LogP contribution < -0.4 is 14.9 Å². The summed E-state index contributed by atoms with van der Waals surface area (Å²) in [7, 11) is 2.79. The van der Waals surface area contributed by atoms with Crippen molar-refractivity contribution in [3.8, 4) is 28.6 Å². The SMILES string of the molecule is COc1ccc(-c2cc(=O)c3c(O)c([C@@H]4O[C@H](CO)[C@@H](O)[C@@H](O)[C@H]4O[C@@H]4O[C@H](C)[C@@H](O)[C@@H](O)[C@H]4O)c(OC)cc3o2)cc1. The van der Waals surface area contributed by atoms with Crippen LogP contribution in [0.2, 0.25) is 0 Å². The molecule has 3 heterocycles. The first-order valence-corrected chi connectivity index (χ1v) is 13.5. The van der Waals surface area contributed by atoms with Crippen LogP contribution in [0.3, 0.4) is 0 Å². The number of benzene rings is 2. The molecule has 2 aromatic carbocycles. The molecule has 0 bridgehead atoms. The minimum Gasteiger partial charge on any atom is -0.506 e. The second-order valence-corrected chi connectivity index (χ2v) is 10.5. The summed E-state index contributed by atoms with van der Waals surface area (Å²) < 4.78 is 33.8. The number of hydrogen-bond donors (Lipinski definition) is 7. The van der Waals surface area contributed by atoms with Crippen molar-refractivity contribution in [1.29, 1.82) is 0 Å². The largest absolute Gasteiger partial charge is 0.506 e. The van der Waals surface area contributed by atoms with Gasteiger partial charge in [-0.3, -0.25) is 4.79 Å². The fraction of sp³-hybridized carbons (Fsp3) is 0.483. The van der Waals surface area contributed by atoms with Gasteiger partial charge in [0.2, 0.25) is 0 Å². The maximum atomic E-state index is 13.3. The molecule has 2 fully saturated rings. The molecule has 0 amide bonds. The van der Waals surface area contributed by atoms with Crippen LogP contribution in [0.15, 0.2) is 45.6 Å². The van der Waals surface area contributed by atoms with E-state index in [2.05, 4.69) is 0 Å². The van der Waals surface area contributed by atoms with Crippen molar-refractivity contribution in [3.63, 3.8) is 0 Å². The molecule has 2 aliphatic rings. The van der Waals surface area contributed by atoms with Gasteiger partial charge in [-0.25, -0.2) is 0 Å². The molecule has 3 aromatic rings. The van der Waals surface area contributed by atoms with Gasteiger partial charge in [-0.15, -0.1) is 0 Å². The molecule has 5 rings (SSSR count). The summed E-state index contributed by atoms with van der Waals surface area (Å²) in [5.41, 5.74) is -0.298. The third-order valence-corrected chi connectivity index (χ3v) is 7.84. The second-order valence-electron chi connectivity index (χ2n) is 10.5. The Balaban J connectivity index is 1.60. The highest BCUT2D eigenvalue weighted by Crippen LogP contribution is 2.46. The molecule has 2 saturated heterocycles. The average molecular weight is 607 g/mol. The quantitative estimate of drug-likeness (QED) is 0.181. The van der Waals surface area contributed by atoms with Gasteiger partial charge in [-0.05, 0) is 31.2 Å². The lowest BCUT2D eigenvalue weighted by Gasteiger charge is -2.46. The highest BCUT2D eigenvalue weighted by atomic mass is 16.7. The number of methoxy groups -OCH3 is 2. The van der Waals surface area contributed by atoms with E-state index < -0.39 is 79.0 Å². The van der Waals surface area contributed by atoms with Crippen molar-refractivity contribution in [2.45, 2.75) is 68.1 Å². The van der Waals surface area contributed by atoms with Gasteiger partial charge >= 0.3 is 0 Å². The summed E-state index contributed by atoms with van der Waals surface area (Å²) in [6.45, 7) is 0.686. The zero-order valence-electron chi connectivity index (χ0n) is 23.4. The van der Waals surface area contributed by atoms with Crippen molar-refractivity contribution < 1.29 is 63.8 Å². The normalized spacial score (nSPS) is 33.0. The monoisotopic (exact) mass is 606 g/mol. The van der Waals surface area contributed by atoms with E-state index in [1.807, 2.05) is 0 Å². The van der Waals surface area contributed by atoms with Crippen LogP contribution in [0.4, 0.5) is 0 Å². The van der Waals surface area contributed by atoms with Crippen molar-refractivity contribution in [2.24, 2.45) is 0 Å². The molecule has 0 aliphatic carbocycles. The topological polar surface area (TPSA) is 218 Å². The number of fused-ring (bicyclic) bond motifs is 1. The predicted molar refractivity (Wildman–Crippen MR) is 147 cm³/mol. The number of hydrogen-bond acceptors (Lipinski definition) is 14. The molecule has 2 aliphatic heterocycles. The van der Waals surface area contributed by atoms with E-state index in [1.54, 1.807) is 24.3 Å². The van der Waals surface area contributed by atoms with Crippen molar-refractivity contribution in [1.82, 2.24) is 0 Å². The molecule has 234 valence electrons. The number of aliphatic hydroxyl groups excluding tert-OH is 6. The van der Waals surface area contributed by atoms with Crippen LogP contribution in [-0.2, 0) is 14.2 Å². The van der Waals surface area contributed by atoms with E-state index in [1.165, 1.54) is 33.3 Å². The number of phenols is 1. The number of ether oxygens (including phenoxy) is 5. The highest BCUT2D eigenvalue weighted by molar-refractivity contribution is 5.88. The van der Waals surface area contributed by atoms with Crippen LogP contribution in [0, 0.1) is 0 Å². The zero-order chi connectivity index (χ0) is 31.2.